The maximum Gasteiger partial charge on any atom is 0.477 e. The molecule has 15 heteroatoms. The van der Waals surface area contributed by atoms with Gasteiger partial charge in [0.25, 0.3) is 0 Å². The number of benzene rings is 2. The zero-order valence-corrected chi connectivity index (χ0v) is 24.3. The first-order valence-electron chi connectivity index (χ1n) is 11.6. The lowest BCUT2D eigenvalue weighted by molar-refractivity contribution is -0.00543. The number of amides is 1. The van der Waals surface area contributed by atoms with Gasteiger partial charge in [-0.2, -0.15) is 8.42 Å². The Bertz CT molecular complexity index is 1470. The minimum Gasteiger partial charge on any atom is -0.453 e. The second kappa shape index (κ2) is 11.2. The number of imidazole rings is 1. The van der Waals surface area contributed by atoms with Crippen LogP contribution in [0.5, 0.6) is 5.75 Å². The molecule has 0 saturated carbocycles. The van der Waals surface area contributed by atoms with Crippen LogP contribution in [-0.4, -0.2) is 42.4 Å². The van der Waals surface area contributed by atoms with Crippen molar-refractivity contribution in [3.8, 4) is 5.75 Å². The number of phosphoric ester groups is 1. The Labute approximate surface area is 226 Å². The van der Waals surface area contributed by atoms with Gasteiger partial charge in [-0.05, 0) is 77.9 Å². The fraction of sp³-hybridized carbons (Fsp3) is 0.417. The number of nitrogens with one attached hydrogen (secondary N) is 1. The molecule has 1 aromatic heterocycles. The molecule has 0 radical (unpaired) electrons. The minimum atomic E-state index is -4.31. The van der Waals surface area contributed by atoms with Gasteiger partial charge in [0, 0.05) is 6.07 Å². The van der Waals surface area contributed by atoms with Crippen molar-refractivity contribution in [1.82, 2.24) is 9.55 Å². The van der Waals surface area contributed by atoms with Crippen molar-refractivity contribution in [3.05, 3.63) is 48.3 Å². The first-order valence-corrected chi connectivity index (χ1v) is 14.5. The first kappa shape index (κ1) is 30.5. The first-order chi connectivity index (χ1) is 17.9. The normalized spacial score (nSPS) is 12.9. The molecule has 1 N–H and O–H groups in total. The molecular weight excluding hydrogens is 556 g/mol. The van der Waals surface area contributed by atoms with E-state index >= 15 is 0 Å². The number of carbonyl (C=O) groups excluding carboxylic acids is 1. The van der Waals surface area contributed by atoms with Crippen LogP contribution in [0.1, 0.15) is 41.5 Å². The molecule has 0 aliphatic rings. The molecule has 0 aliphatic carbocycles. The standard InChI is InChI=1S/C24H31FN3O9PS/c1-23(2,3)36-38(30,37-24(4,5)6)34-15-28-20-14-17(10-13-19(20)26-21(28)27-22(29)33-7)35-39(31,32)18-11-8-16(25)9-12-18/h8-14H,15H2,1-7H3,(H,26,27,29). The van der Waals surface area contributed by atoms with Crippen LogP contribution in [-0.2, 0) is 39.7 Å². The van der Waals surface area contributed by atoms with E-state index in [1.807, 2.05) is 0 Å². The number of anilines is 1. The Morgan fingerprint density at radius 1 is 1.03 bits per heavy atom. The van der Waals surface area contributed by atoms with Crippen molar-refractivity contribution in [1.29, 1.82) is 0 Å². The van der Waals surface area contributed by atoms with Crippen LogP contribution in [0.4, 0.5) is 15.1 Å². The second-order valence-electron chi connectivity index (χ2n) is 10.2. The summed E-state index contributed by atoms with van der Waals surface area (Å²) < 4.78 is 80.3. The predicted molar refractivity (Wildman–Crippen MR) is 140 cm³/mol. The number of halogens is 1. The number of ether oxygens (including phenoxy) is 1. The predicted octanol–water partition coefficient (Wildman–Crippen LogP) is 5.83. The highest BCUT2D eigenvalue weighted by atomic mass is 32.2. The Morgan fingerprint density at radius 2 is 1.62 bits per heavy atom. The summed E-state index contributed by atoms with van der Waals surface area (Å²) >= 11 is 0. The lowest BCUT2D eigenvalue weighted by Crippen LogP contribution is -2.25. The van der Waals surface area contributed by atoms with Gasteiger partial charge in [-0.3, -0.25) is 23.5 Å². The summed E-state index contributed by atoms with van der Waals surface area (Å²) in [5.74, 6) is -0.779. The van der Waals surface area contributed by atoms with Crippen molar-refractivity contribution in [2.45, 2.75) is 64.4 Å². The monoisotopic (exact) mass is 587 g/mol. The summed E-state index contributed by atoms with van der Waals surface area (Å²) in [6, 6.07) is 8.25. The van der Waals surface area contributed by atoms with E-state index in [0.29, 0.717) is 5.52 Å². The Morgan fingerprint density at radius 3 is 2.15 bits per heavy atom. The molecule has 12 nitrogen and oxygen atoms in total. The Kier molecular flexibility index (Phi) is 8.78. The van der Waals surface area contributed by atoms with Crippen molar-refractivity contribution < 1.29 is 44.7 Å². The molecule has 39 heavy (non-hydrogen) atoms. The number of carbonyl (C=O) groups is 1. The number of hydrogen-bond donors (Lipinski definition) is 1. The number of fused-ring (bicyclic) bond motifs is 1. The van der Waals surface area contributed by atoms with E-state index in [1.54, 1.807) is 41.5 Å². The summed E-state index contributed by atoms with van der Waals surface area (Å²) in [5, 5.41) is 2.43. The van der Waals surface area contributed by atoms with Gasteiger partial charge in [0.05, 0.1) is 29.3 Å². The van der Waals surface area contributed by atoms with E-state index in [9.17, 15) is 22.2 Å². The van der Waals surface area contributed by atoms with E-state index in [2.05, 4.69) is 15.0 Å². The molecule has 3 rings (SSSR count). The molecule has 0 fully saturated rings. The lowest BCUT2D eigenvalue weighted by atomic mass is 10.2. The molecule has 0 atom stereocenters. The maximum atomic E-state index is 13.6. The highest BCUT2D eigenvalue weighted by Crippen LogP contribution is 2.55. The summed E-state index contributed by atoms with van der Waals surface area (Å²) in [4.78, 5) is 16.0. The van der Waals surface area contributed by atoms with Crippen LogP contribution in [0.25, 0.3) is 11.0 Å². The van der Waals surface area contributed by atoms with Gasteiger partial charge in [0.2, 0.25) is 5.95 Å². The molecule has 1 amide bonds. The van der Waals surface area contributed by atoms with Crippen molar-refractivity contribution in [3.63, 3.8) is 0 Å². The van der Waals surface area contributed by atoms with Gasteiger partial charge >= 0.3 is 24.0 Å². The van der Waals surface area contributed by atoms with E-state index in [0.717, 1.165) is 31.4 Å². The van der Waals surface area contributed by atoms with E-state index in [4.69, 9.17) is 17.8 Å². The number of nitrogens with zero attached hydrogens (tertiary/aromatic N) is 2. The van der Waals surface area contributed by atoms with Crippen LogP contribution < -0.4 is 9.50 Å². The largest absolute Gasteiger partial charge is 0.477 e. The molecular formula is C24H31FN3O9PS. The smallest absolute Gasteiger partial charge is 0.453 e. The van der Waals surface area contributed by atoms with Gasteiger partial charge in [0.1, 0.15) is 23.2 Å². The zero-order valence-electron chi connectivity index (χ0n) is 22.6. The van der Waals surface area contributed by atoms with Gasteiger partial charge in [0.15, 0.2) is 0 Å². The molecule has 0 spiro atoms. The highest BCUT2D eigenvalue weighted by molar-refractivity contribution is 7.87. The molecule has 0 saturated heterocycles. The van der Waals surface area contributed by atoms with E-state index in [-0.39, 0.29) is 22.1 Å². The van der Waals surface area contributed by atoms with Crippen LogP contribution in [0.2, 0.25) is 0 Å². The third-order valence-corrected chi connectivity index (χ3v) is 7.78. The second-order valence-corrected chi connectivity index (χ2v) is 13.3. The fourth-order valence-electron chi connectivity index (χ4n) is 3.17. The maximum absolute atomic E-state index is 13.6. The summed E-state index contributed by atoms with van der Waals surface area (Å²) in [6.07, 6.45) is -0.845. The lowest BCUT2D eigenvalue weighted by Gasteiger charge is -2.31. The van der Waals surface area contributed by atoms with Crippen LogP contribution in [0.3, 0.4) is 0 Å². The molecule has 1 heterocycles. The quantitative estimate of drug-likeness (QED) is 0.240. The van der Waals surface area contributed by atoms with Crippen LogP contribution in [0.15, 0.2) is 47.4 Å². The average Bonchev–Trinajstić information content (AvgIpc) is 3.11. The zero-order chi connectivity index (χ0) is 29.2. The SMILES string of the molecule is COC(=O)Nc1nc2ccc(OS(=O)(=O)c3ccc(F)cc3)cc2n1COP(=O)(OC(C)(C)C)OC(C)(C)C. The molecule has 0 bridgehead atoms. The number of aromatic nitrogens is 2. The molecule has 0 aliphatic heterocycles. The Balaban J connectivity index is 2.02. The van der Waals surface area contributed by atoms with Gasteiger partial charge in [-0.25, -0.2) is 18.7 Å². The topological polar surface area (TPSA) is 144 Å². The Hall–Kier alpha value is -3.03. The third kappa shape index (κ3) is 8.48. The average molecular weight is 588 g/mol. The molecule has 0 unspecified atom stereocenters. The van der Waals surface area contributed by atoms with Gasteiger partial charge in [-0.1, -0.05) is 0 Å². The minimum absolute atomic E-state index is 0.0616. The summed E-state index contributed by atoms with van der Waals surface area (Å²) in [5.41, 5.74) is -1.26. The number of hydrogen-bond acceptors (Lipinski definition) is 10. The van der Waals surface area contributed by atoms with Gasteiger partial charge in [-0.15, -0.1) is 0 Å². The van der Waals surface area contributed by atoms with E-state index < -0.39 is 47.8 Å². The fourth-order valence-corrected chi connectivity index (χ4v) is 5.83. The van der Waals surface area contributed by atoms with Crippen LogP contribution >= 0.6 is 7.82 Å². The van der Waals surface area contributed by atoms with Crippen molar-refractivity contribution in [2.24, 2.45) is 0 Å². The summed E-state index contributed by atoms with van der Waals surface area (Å²) in [7, 11) is -7.33. The summed E-state index contributed by atoms with van der Waals surface area (Å²) in [6.45, 7) is 9.57. The number of phosphoric acid groups is 1. The number of rotatable bonds is 9. The van der Waals surface area contributed by atoms with Crippen molar-refractivity contribution in [2.75, 3.05) is 12.4 Å². The third-order valence-electron chi connectivity index (χ3n) is 4.54. The molecule has 2 aromatic carbocycles. The number of methoxy groups -OCH3 is 1. The van der Waals surface area contributed by atoms with E-state index in [1.165, 1.54) is 22.8 Å². The molecule has 214 valence electrons. The molecule has 3 aromatic rings. The van der Waals surface area contributed by atoms with Crippen LogP contribution in [0, 0.1) is 5.82 Å². The van der Waals surface area contributed by atoms with Crippen molar-refractivity contribution >= 4 is 41.0 Å². The highest BCUT2D eigenvalue weighted by Gasteiger charge is 2.37. The van der Waals surface area contributed by atoms with Gasteiger partial charge < -0.3 is 8.92 Å².